The molecule has 0 fully saturated rings. The first-order valence-corrected chi connectivity index (χ1v) is 8.61. The maximum Gasteiger partial charge on any atom is 0.416 e. The molecule has 0 radical (unpaired) electrons. The molecule has 4 aromatic rings. The number of H-pyrrole nitrogens is 2. The number of aromatic amines is 2. The molecular weight excluding hydrogens is 400 g/mol. The number of rotatable bonds is 3. The number of hydrogen-bond donors (Lipinski definition) is 2. The Balaban J connectivity index is 1.65. The van der Waals surface area contributed by atoms with Crippen molar-refractivity contribution in [1.29, 1.82) is 0 Å². The largest absolute Gasteiger partial charge is 0.416 e. The van der Waals surface area contributed by atoms with Crippen LogP contribution in [0, 0.1) is 0 Å². The minimum Gasteiger partial charge on any atom is -0.348 e. The third kappa shape index (κ3) is 3.52. The summed E-state index contributed by atoms with van der Waals surface area (Å²) in [5, 5.41) is 1.06. The number of nitrogens with zero attached hydrogens (tertiary/aromatic N) is 2. The highest BCUT2D eigenvalue weighted by Gasteiger charge is 2.30. The molecule has 2 heterocycles. The standard InChI is InChI=1S/C18H11Cl2F3N4/c19-11-2-1-3-12(20)10(11)7-16-24-8-15(25-16)17-26-13-5-4-9(18(21,22)23)6-14(13)27-17/h1-6,8H,7H2,(H,24,25)(H,26,27). The van der Waals surface area contributed by atoms with E-state index in [-0.39, 0.29) is 5.52 Å². The lowest BCUT2D eigenvalue weighted by Gasteiger charge is -2.04. The maximum atomic E-state index is 12.8. The summed E-state index contributed by atoms with van der Waals surface area (Å²) >= 11 is 12.3. The number of hydrogen-bond acceptors (Lipinski definition) is 2. The topological polar surface area (TPSA) is 57.4 Å². The molecule has 27 heavy (non-hydrogen) atoms. The van der Waals surface area contributed by atoms with Crippen molar-refractivity contribution in [3.8, 4) is 11.5 Å². The summed E-state index contributed by atoms with van der Waals surface area (Å²) in [7, 11) is 0. The van der Waals surface area contributed by atoms with Crippen molar-refractivity contribution in [2.75, 3.05) is 0 Å². The summed E-state index contributed by atoms with van der Waals surface area (Å²) < 4.78 is 38.5. The minimum absolute atomic E-state index is 0.221. The molecule has 0 aliphatic rings. The van der Waals surface area contributed by atoms with Gasteiger partial charge in [-0.1, -0.05) is 29.3 Å². The van der Waals surface area contributed by atoms with Gasteiger partial charge in [-0.05, 0) is 35.9 Å². The van der Waals surface area contributed by atoms with Gasteiger partial charge < -0.3 is 9.97 Å². The molecule has 0 bridgehead atoms. The first-order valence-electron chi connectivity index (χ1n) is 7.86. The Morgan fingerprint density at radius 3 is 2.44 bits per heavy atom. The zero-order valence-electron chi connectivity index (χ0n) is 13.5. The normalized spacial score (nSPS) is 12.0. The van der Waals surface area contributed by atoms with Crippen LogP contribution in [-0.2, 0) is 12.6 Å². The number of halogens is 5. The van der Waals surface area contributed by atoms with Crippen molar-refractivity contribution < 1.29 is 13.2 Å². The molecule has 2 aromatic carbocycles. The van der Waals surface area contributed by atoms with Crippen LogP contribution in [0.4, 0.5) is 13.2 Å². The van der Waals surface area contributed by atoms with Crippen LogP contribution in [0.3, 0.4) is 0 Å². The maximum absolute atomic E-state index is 12.8. The number of fused-ring (bicyclic) bond motifs is 1. The second kappa shape index (κ2) is 6.58. The summed E-state index contributed by atoms with van der Waals surface area (Å²) in [4.78, 5) is 14.7. The van der Waals surface area contributed by atoms with Gasteiger partial charge in [-0.15, -0.1) is 0 Å². The van der Waals surface area contributed by atoms with Gasteiger partial charge in [-0.3, -0.25) is 0 Å². The lowest BCUT2D eigenvalue weighted by Crippen LogP contribution is -2.04. The van der Waals surface area contributed by atoms with E-state index in [0.717, 1.165) is 17.7 Å². The van der Waals surface area contributed by atoms with Crippen LogP contribution >= 0.6 is 23.2 Å². The molecule has 0 aliphatic carbocycles. The van der Waals surface area contributed by atoms with Crippen molar-refractivity contribution in [2.45, 2.75) is 12.6 Å². The monoisotopic (exact) mass is 410 g/mol. The van der Waals surface area contributed by atoms with Crippen LogP contribution in [0.5, 0.6) is 0 Å². The zero-order valence-corrected chi connectivity index (χ0v) is 15.0. The summed E-state index contributed by atoms with van der Waals surface area (Å²) in [6.07, 6.45) is -2.40. The summed E-state index contributed by atoms with van der Waals surface area (Å²) in [5.74, 6) is 0.980. The highest BCUT2D eigenvalue weighted by molar-refractivity contribution is 6.36. The van der Waals surface area contributed by atoms with Crippen molar-refractivity contribution in [2.24, 2.45) is 0 Å². The Morgan fingerprint density at radius 1 is 1.00 bits per heavy atom. The predicted molar refractivity (Wildman–Crippen MR) is 97.9 cm³/mol. The predicted octanol–water partition coefficient (Wildman–Crippen LogP) is 5.87. The first kappa shape index (κ1) is 17.9. The van der Waals surface area contributed by atoms with Crippen LogP contribution < -0.4 is 0 Å². The van der Waals surface area contributed by atoms with E-state index in [1.807, 2.05) is 0 Å². The fourth-order valence-corrected chi connectivity index (χ4v) is 3.28. The van der Waals surface area contributed by atoms with E-state index < -0.39 is 11.7 Å². The molecule has 2 N–H and O–H groups in total. The number of aromatic nitrogens is 4. The fraction of sp³-hybridized carbons (Fsp3) is 0.111. The van der Waals surface area contributed by atoms with Crippen LogP contribution in [0.1, 0.15) is 17.0 Å². The van der Waals surface area contributed by atoms with Gasteiger partial charge in [-0.2, -0.15) is 13.2 Å². The molecule has 4 nitrogen and oxygen atoms in total. The lowest BCUT2D eigenvalue weighted by atomic mass is 10.1. The SMILES string of the molecule is FC(F)(F)c1ccc2[nH]c(-c3c[nH]c(Cc4c(Cl)cccc4Cl)n3)nc2c1. The van der Waals surface area contributed by atoms with Gasteiger partial charge in [0.1, 0.15) is 11.5 Å². The number of alkyl halides is 3. The quantitative estimate of drug-likeness (QED) is 0.443. The number of imidazole rings is 2. The van der Waals surface area contributed by atoms with Crippen LogP contribution in [0.15, 0.2) is 42.6 Å². The summed E-state index contributed by atoms with van der Waals surface area (Å²) in [5.41, 5.74) is 1.19. The summed E-state index contributed by atoms with van der Waals surface area (Å²) in [6.45, 7) is 0. The second-order valence-corrected chi connectivity index (χ2v) is 6.74. The van der Waals surface area contributed by atoms with Crippen molar-refractivity contribution >= 4 is 34.2 Å². The second-order valence-electron chi connectivity index (χ2n) is 5.92. The molecule has 0 saturated carbocycles. The van der Waals surface area contributed by atoms with Gasteiger partial charge in [0.05, 0.1) is 16.6 Å². The van der Waals surface area contributed by atoms with Crippen molar-refractivity contribution in [1.82, 2.24) is 19.9 Å². The van der Waals surface area contributed by atoms with Crippen molar-refractivity contribution in [3.63, 3.8) is 0 Å². The van der Waals surface area contributed by atoms with Gasteiger partial charge >= 0.3 is 6.18 Å². The van der Waals surface area contributed by atoms with Gasteiger partial charge in [0.2, 0.25) is 0 Å². The molecular formula is C18H11Cl2F3N4. The Labute approximate surface area is 161 Å². The van der Waals surface area contributed by atoms with Gasteiger partial charge in [0, 0.05) is 22.7 Å². The molecule has 138 valence electrons. The Bertz CT molecular complexity index is 1110. The minimum atomic E-state index is -4.42. The third-order valence-electron chi connectivity index (χ3n) is 4.09. The molecule has 9 heteroatoms. The van der Waals surface area contributed by atoms with Gasteiger partial charge in [0.25, 0.3) is 0 Å². The van der Waals surface area contributed by atoms with E-state index in [4.69, 9.17) is 23.2 Å². The zero-order chi connectivity index (χ0) is 19.2. The average molecular weight is 411 g/mol. The van der Waals surface area contributed by atoms with Crippen LogP contribution in [-0.4, -0.2) is 19.9 Å². The molecule has 0 aliphatic heterocycles. The Hall–Kier alpha value is -2.51. The lowest BCUT2D eigenvalue weighted by molar-refractivity contribution is -0.137. The summed E-state index contributed by atoms with van der Waals surface area (Å²) in [6, 6.07) is 8.61. The molecule has 0 unspecified atom stereocenters. The van der Waals surface area contributed by atoms with Gasteiger partial charge in [0.15, 0.2) is 5.82 Å². The van der Waals surface area contributed by atoms with Crippen LogP contribution in [0.25, 0.3) is 22.6 Å². The van der Waals surface area contributed by atoms with E-state index in [9.17, 15) is 13.2 Å². The highest BCUT2D eigenvalue weighted by Crippen LogP contribution is 2.32. The molecule has 0 atom stereocenters. The highest BCUT2D eigenvalue weighted by atomic mass is 35.5. The van der Waals surface area contributed by atoms with Gasteiger partial charge in [-0.25, -0.2) is 9.97 Å². The number of nitrogens with one attached hydrogen (secondary N) is 2. The average Bonchev–Trinajstić information content (AvgIpc) is 3.23. The number of benzene rings is 2. The smallest absolute Gasteiger partial charge is 0.348 e. The Kier molecular flexibility index (Phi) is 4.36. The molecule has 4 rings (SSSR count). The fourth-order valence-electron chi connectivity index (χ4n) is 2.75. The molecule has 0 amide bonds. The molecule has 0 saturated heterocycles. The van der Waals surface area contributed by atoms with E-state index in [1.165, 1.54) is 6.07 Å². The molecule has 0 spiro atoms. The first-order chi connectivity index (χ1) is 12.8. The van der Waals surface area contributed by atoms with E-state index in [1.54, 1.807) is 24.4 Å². The van der Waals surface area contributed by atoms with Crippen molar-refractivity contribution in [3.05, 3.63) is 69.6 Å². The van der Waals surface area contributed by atoms with E-state index >= 15 is 0 Å². The third-order valence-corrected chi connectivity index (χ3v) is 4.80. The van der Waals surface area contributed by atoms with E-state index in [2.05, 4.69) is 19.9 Å². The van der Waals surface area contributed by atoms with E-state index in [0.29, 0.717) is 39.3 Å². The Morgan fingerprint density at radius 2 is 1.74 bits per heavy atom. The molecule has 2 aromatic heterocycles. The van der Waals surface area contributed by atoms with Crippen LogP contribution in [0.2, 0.25) is 10.0 Å².